The summed E-state index contributed by atoms with van der Waals surface area (Å²) in [7, 11) is 0. The topological polar surface area (TPSA) is 41.1 Å². The highest BCUT2D eigenvalue weighted by molar-refractivity contribution is 5.76. The van der Waals surface area contributed by atoms with Crippen molar-refractivity contribution in [2.45, 2.75) is 78.4 Å². The fourth-order valence-electron chi connectivity index (χ4n) is 1.87. The van der Waals surface area contributed by atoms with Gasteiger partial charge in [0, 0.05) is 24.5 Å². The fourth-order valence-corrected chi connectivity index (χ4v) is 1.87. The van der Waals surface area contributed by atoms with Crippen LogP contribution >= 0.6 is 0 Å². The van der Waals surface area contributed by atoms with Crippen molar-refractivity contribution in [1.29, 1.82) is 0 Å². The van der Waals surface area contributed by atoms with E-state index >= 15 is 0 Å². The molecule has 2 N–H and O–H groups in total. The number of amides is 1. The summed E-state index contributed by atoms with van der Waals surface area (Å²) in [4.78, 5) is 11.5. The summed E-state index contributed by atoms with van der Waals surface area (Å²) in [6.45, 7) is 10.4. The molecule has 2 unspecified atom stereocenters. The first kappa shape index (κ1) is 15.4. The van der Waals surface area contributed by atoms with Crippen LogP contribution in [0, 0.1) is 0 Å². The fraction of sp³-hybridized carbons (Fsp3) is 0.923. The third kappa shape index (κ3) is 7.69. The molecular weight excluding hydrogens is 200 g/mol. The quantitative estimate of drug-likeness (QED) is 0.670. The second-order valence-electron chi connectivity index (χ2n) is 4.89. The first-order chi connectivity index (χ1) is 7.49. The van der Waals surface area contributed by atoms with Crippen LogP contribution in [0.2, 0.25) is 0 Å². The zero-order valence-corrected chi connectivity index (χ0v) is 11.5. The maximum absolute atomic E-state index is 11.5. The highest BCUT2D eigenvalue weighted by atomic mass is 16.1. The molecule has 0 saturated carbocycles. The van der Waals surface area contributed by atoms with E-state index in [-0.39, 0.29) is 18.0 Å². The van der Waals surface area contributed by atoms with E-state index in [2.05, 4.69) is 31.4 Å². The van der Waals surface area contributed by atoms with Crippen LogP contribution in [0.3, 0.4) is 0 Å². The predicted molar refractivity (Wildman–Crippen MR) is 69.5 cm³/mol. The molecule has 2 atom stereocenters. The standard InChI is InChI=1S/C13H28N2O/c1-6-8-12(7-2)15-11(5)9-13(16)14-10(3)4/h10-12,15H,6-9H2,1-5H3,(H,14,16). The Kier molecular flexibility index (Phi) is 8.26. The zero-order chi connectivity index (χ0) is 12.6. The third-order valence-corrected chi connectivity index (χ3v) is 2.59. The molecule has 0 fully saturated rings. The van der Waals surface area contributed by atoms with Gasteiger partial charge in [-0.3, -0.25) is 4.79 Å². The van der Waals surface area contributed by atoms with Gasteiger partial charge in [-0.25, -0.2) is 0 Å². The molecule has 0 aliphatic heterocycles. The highest BCUT2D eigenvalue weighted by Crippen LogP contribution is 2.04. The molecule has 0 rings (SSSR count). The smallest absolute Gasteiger partial charge is 0.221 e. The predicted octanol–water partition coefficient (Wildman–Crippen LogP) is 2.46. The molecule has 0 radical (unpaired) electrons. The van der Waals surface area contributed by atoms with Crippen LogP contribution in [0.5, 0.6) is 0 Å². The van der Waals surface area contributed by atoms with Gasteiger partial charge >= 0.3 is 0 Å². The van der Waals surface area contributed by atoms with Gasteiger partial charge < -0.3 is 10.6 Å². The van der Waals surface area contributed by atoms with Crippen LogP contribution in [0.1, 0.15) is 60.3 Å². The highest BCUT2D eigenvalue weighted by Gasteiger charge is 2.13. The van der Waals surface area contributed by atoms with E-state index in [1.165, 1.54) is 12.8 Å². The summed E-state index contributed by atoms with van der Waals surface area (Å²) in [5.74, 6) is 0.140. The molecule has 3 heteroatoms. The minimum absolute atomic E-state index is 0.140. The van der Waals surface area contributed by atoms with E-state index in [0.717, 1.165) is 6.42 Å². The van der Waals surface area contributed by atoms with E-state index in [4.69, 9.17) is 0 Å². The minimum atomic E-state index is 0.140. The SMILES string of the molecule is CCCC(CC)NC(C)CC(=O)NC(C)C. The zero-order valence-electron chi connectivity index (χ0n) is 11.5. The lowest BCUT2D eigenvalue weighted by molar-refractivity contribution is -0.122. The number of carbonyl (C=O) groups excluding carboxylic acids is 1. The van der Waals surface area contributed by atoms with Crippen molar-refractivity contribution in [3.63, 3.8) is 0 Å². The molecule has 3 nitrogen and oxygen atoms in total. The second-order valence-corrected chi connectivity index (χ2v) is 4.89. The summed E-state index contributed by atoms with van der Waals surface area (Å²) < 4.78 is 0. The average Bonchev–Trinajstić information content (AvgIpc) is 2.15. The minimum Gasteiger partial charge on any atom is -0.354 e. The van der Waals surface area contributed by atoms with E-state index in [1.54, 1.807) is 0 Å². The summed E-state index contributed by atoms with van der Waals surface area (Å²) in [5.41, 5.74) is 0. The Hall–Kier alpha value is -0.570. The van der Waals surface area contributed by atoms with Gasteiger partial charge in [-0.1, -0.05) is 20.3 Å². The number of hydrogen-bond acceptors (Lipinski definition) is 2. The van der Waals surface area contributed by atoms with Crippen LogP contribution in [0.4, 0.5) is 0 Å². The van der Waals surface area contributed by atoms with Gasteiger partial charge in [0.15, 0.2) is 0 Å². The van der Waals surface area contributed by atoms with Crippen LogP contribution in [-0.4, -0.2) is 24.0 Å². The monoisotopic (exact) mass is 228 g/mol. The van der Waals surface area contributed by atoms with E-state index in [9.17, 15) is 4.79 Å². The molecule has 96 valence electrons. The molecule has 0 saturated heterocycles. The lowest BCUT2D eigenvalue weighted by Crippen LogP contribution is -2.40. The van der Waals surface area contributed by atoms with Gasteiger partial charge in [0.2, 0.25) is 5.91 Å². The van der Waals surface area contributed by atoms with Crippen LogP contribution in [0.25, 0.3) is 0 Å². The number of hydrogen-bond donors (Lipinski definition) is 2. The van der Waals surface area contributed by atoms with Crippen LogP contribution in [0.15, 0.2) is 0 Å². The normalized spacial score (nSPS) is 14.9. The Balaban J connectivity index is 3.86. The van der Waals surface area contributed by atoms with E-state index in [1.807, 2.05) is 13.8 Å². The Morgan fingerprint density at radius 3 is 2.25 bits per heavy atom. The Morgan fingerprint density at radius 2 is 1.81 bits per heavy atom. The molecule has 0 heterocycles. The molecule has 0 aliphatic carbocycles. The summed E-state index contributed by atoms with van der Waals surface area (Å²) in [5, 5.41) is 6.43. The van der Waals surface area contributed by atoms with Gasteiger partial charge in [0.1, 0.15) is 0 Å². The van der Waals surface area contributed by atoms with Gasteiger partial charge in [-0.15, -0.1) is 0 Å². The van der Waals surface area contributed by atoms with Gasteiger partial charge in [0.25, 0.3) is 0 Å². The van der Waals surface area contributed by atoms with E-state index in [0.29, 0.717) is 12.5 Å². The number of carbonyl (C=O) groups is 1. The summed E-state index contributed by atoms with van der Waals surface area (Å²) in [6, 6.07) is 1.04. The van der Waals surface area contributed by atoms with Gasteiger partial charge in [0.05, 0.1) is 0 Å². The second kappa shape index (κ2) is 8.57. The number of nitrogens with one attached hydrogen (secondary N) is 2. The van der Waals surface area contributed by atoms with Crippen molar-refractivity contribution in [1.82, 2.24) is 10.6 Å². The Bertz CT molecular complexity index is 192. The van der Waals surface area contributed by atoms with Crippen LogP contribution in [-0.2, 0) is 4.79 Å². The van der Waals surface area contributed by atoms with Crippen molar-refractivity contribution < 1.29 is 4.79 Å². The van der Waals surface area contributed by atoms with E-state index < -0.39 is 0 Å². The molecule has 0 aromatic heterocycles. The summed E-state index contributed by atoms with van der Waals surface area (Å²) >= 11 is 0. The molecule has 0 spiro atoms. The molecule has 0 aromatic rings. The van der Waals surface area contributed by atoms with Gasteiger partial charge in [-0.05, 0) is 33.6 Å². The van der Waals surface area contributed by atoms with Crippen molar-refractivity contribution in [2.24, 2.45) is 0 Å². The molecule has 0 aliphatic rings. The summed E-state index contributed by atoms with van der Waals surface area (Å²) in [6.07, 6.45) is 4.07. The molecule has 0 bridgehead atoms. The van der Waals surface area contributed by atoms with Gasteiger partial charge in [-0.2, -0.15) is 0 Å². The molecule has 0 aromatic carbocycles. The van der Waals surface area contributed by atoms with Crippen molar-refractivity contribution in [3.8, 4) is 0 Å². The van der Waals surface area contributed by atoms with Crippen molar-refractivity contribution in [3.05, 3.63) is 0 Å². The lowest BCUT2D eigenvalue weighted by atomic mass is 10.1. The lowest BCUT2D eigenvalue weighted by Gasteiger charge is -2.22. The first-order valence-corrected chi connectivity index (χ1v) is 6.54. The Morgan fingerprint density at radius 1 is 1.19 bits per heavy atom. The van der Waals surface area contributed by atoms with Crippen LogP contribution < -0.4 is 10.6 Å². The third-order valence-electron chi connectivity index (χ3n) is 2.59. The molecular formula is C13H28N2O. The first-order valence-electron chi connectivity index (χ1n) is 6.54. The average molecular weight is 228 g/mol. The largest absolute Gasteiger partial charge is 0.354 e. The molecule has 1 amide bonds. The number of rotatable bonds is 8. The molecule has 16 heavy (non-hydrogen) atoms. The van der Waals surface area contributed by atoms with Crippen molar-refractivity contribution in [2.75, 3.05) is 0 Å². The Labute approximate surface area is 100 Å². The maximum Gasteiger partial charge on any atom is 0.221 e. The maximum atomic E-state index is 11.5. The van der Waals surface area contributed by atoms with Crippen molar-refractivity contribution >= 4 is 5.91 Å².